The SMILES string of the molecule is Cl.Cl.NC1CC(NC(=O)COc2cccc([C@](O)(C(=O)O)c3ccccc3)c2)C1. The molecule has 0 radical (unpaired) electrons. The summed E-state index contributed by atoms with van der Waals surface area (Å²) in [6.07, 6.45) is 1.51. The third-order valence-corrected chi connectivity index (χ3v) is 4.66. The van der Waals surface area contributed by atoms with Crippen molar-refractivity contribution in [3.05, 3.63) is 65.7 Å². The van der Waals surface area contributed by atoms with Crippen LogP contribution in [0.15, 0.2) is 54.6 Å². The van der Waals surface area contributed by atoms with Crippen molar-refractivity contribution in [1.29, 1.82) is 0 Å². The van der Waals surface area contributed by atoms with E-state index in [4.69, 9.17) is 10.5 Å². The van der Waals surface area contributed by atoms with Gasteiger partial charge < -0.3 is 26.0 Å². The van der Waals surface area contributed by atoms with Crippen LogP contribution in [-0.4, -0.2) is 40.8 Å². The van der Waals surface area contributed by atoms with Gasteiger partial charge in [0.2, 0.25) is 5.60 Å². The van der Waals surface area contributed by atoms with Crippen molar-refractivity contribution in [1.82, 2.24) is 5.32 Å². The fraction of sp³-hybridized carbons (Fsp3) is 0.300. The molecule has 0 aliphatic heterocycles. The van der Waals surface area contributed by atoms with E-state index in [-0.39, 0.29) is 60.5 Å². The van der Waals surface area contributed by atoms with Crippen molar-refractivity contribution in [3.63, 3.8) is 0 Å². The second-order valence-corrected chi connectivity index (χ2v) is 6.69. The minimum absolute atomic E-state index is 0. The Hall–Kier alpha value is -2.32. The molecule has 0 unspecified atom stereocenters. The average molecular weight is 443 g/mol. The number of rotatable bonds is 7. The summed E-state index contributed by atoms with van der Waals surface area (Å²) in [5, 5.41) is 23.3. The number of nitrogens with two attached hydrogens (primary N) is 1. The minimum atomic E-state index is -2.22. The van der Waals surface area contributed by atoms with Gasteiger partial charge in [-0.3, -0.25) is 4.79 Å². The van der Waals surface area contributed by atoms with Crippen LogP contribution in [0, 0.1) is 0 Å². The Kier molecular flexibility index (Phi) is 8.91. The topological polar surface area (TPSA) is 122 Å². The normalized spacial score (nSPS) is 19.4. The first kappa shape index (κ1) is 24.7. The van der Waals surface area contributed by atoms with E-state index in [1.807, 2.05) is 0 Å². The molecule has 0 saturated heterocycles. The standard InChI is InChI=1S/C20H22N2O5.2ClH/c21-15-10-16(11-15)22-18(23)12-27-17-8-4-7-14(9-17)20(26,19(24)25)13-5-2-1-3-6-13;;/h1-9,15-16,26H,10-12,21H2,(H,22,23)(H,24,25);2*1H/t15?,16?,20-;;/m0../s1. The van der Waals surface area contributed by atoms with Crippen molar-refractivity contribution in [2.24, 2.45) is 5.73 Å². The molecular formula is C20H24Cl2N2O5. The van der Waals surface area contributed by atoms with Gasteiger partial charge in [0, 0.05) is 17.6 Å². The van der Waals surface area contributed by atoms with Gasteiger partial charge in [-0.05, 0) is 30.5 Å². The summed E-state index contributed by atoms with van der Waals surface area (Å²) >= 11 is 0. The van der Waals surface area contributed by atoms with Crippen LogP contribution in [0.25, 0.3) is 0 Å². The van der Waals surface area contributed by atoms with Gasteiger partial charge in [-0.2, -0.15) is 0 Å². The maximum Gasteiger partial charge on any atom is 0.345 e. The molecule has 2 aromatic carbocycles. The number of carboxylic acids is 1. The highest BCUT2D eigenvalue weighted by molar-refractivity contribution is 5.86. The molecule has 1 aliphatic rings. The monoisotopic (exact) mass is 442 g/mol. The van der Waals surface area contributed by atoms with E-state index in [0.717, 1.165) is 12.8 Å². The van der Waals surface area contributed by atoms with E-state index in [0.29, 0.717) is 5.75 Å². The number of nitrogens with one attached hydrogen (secondary N) is 1. The molecule has 1 saturated carbocycles. The third-order valence-electron chi connectivity index (χ3n) is 4.66. The van der Waals surface area contributed by atoms with Crippen molar-refractivity contribution in [3.8, 4) is 5.75 Å². The zero-order valence-corrected chi connectivity index (χ0v) is 17.1. The lowest BCUT2D eigenvalue weighted by Crippen LogP contribution is -2.51. The molecule has 3 rings (SSSR count). The molecule has 29 heavy (non-hydrogen) atoms. The lowest BCUT2D eigenvalue weighted by Gasteiger charge is -2.32. The highest BCUT2D eigenvalue weighted by Crippen LogP contribution is 2.32. The fourth-order valence-corrected chi connectivity index (χ4v) is 3.10. The lowest BCUT2D eigenvalue weighted by molar-refractivity contribution is -0.155. The Bertz CT molecular complexity index is 831. The first-order valence-corrected chi connectivity index (χ1v) is 8.69. The maximum absolute atomic E-state index is 11.9. The Morgan fingerprint density at radius 1 is 1.07 bits per heavy atom. The molecule has 158 valence electrons. The predicted octanol–water partition coefficient (Wildman–Crippen LogP) is 1.84. The van der Waals surface area contributed by atoms with Gasteiger partial charge in [0.1, 0.15) is 5.75 Å². The number of aliphatic hydroxyl groups is 1. The molecule has 9 heteroatoms. The number of carbonyl (C=O) groups is 2. The van der Waals surface area contributed by atoms with E-state index in [2.05, 4.69) is 5.32 Å². The van der Waals surface area contributed by atoms with Gasteiger partial charge in [-0.25, -0.2) is 4.79 Å². The molecule has 1 fully saturated rings. The second-order valence-electron chi connectivity index (χ2n) is 6.69. The zero-order chi connectivity index (χ0) is 19.4. The smallest absolute Gasteiger partial charge is 0.345 e. The summed E-state index contributed by atoms with van der Waals surface area (Å²) in [5.41, 5.74) is 3.84. The number of hydrogen-bond acceptors (Lipinski definition) is 5. The highest BCUT2D eigenvalue weighted by Gasteiger charge is 2.40. The van der Waals surface area contributed by atoms with Crippen LogP contribution < -0.4 is 15.8 Å². The quantitative estimate of drug-likeness (QED) is 0.518. The molecule has 1 aliphatic carbocycles. The molecule has 1 amide bonds. The molecule has 7 nitrogen and oxygen atoms in total. The second kappa shape index (κ2) is 10.5. The van der Waals surface area contributed by atoms with Crippen LogP contribution in [0.3, 0.4) is 0 Å². The Balaban J connectivity index is 0.00000210. The molecule has 0 spiro atoms. The Morgan fingerprint density at radius 2 is 1.69 bits per heavy atom. The summed E-state index contributed by atoms with van der Waals surface area (Å²) in [7, 11) is 0. The Morgan fingerprint density at radius 3 is 2.28 bits per heavy atom. The van der Waals surface area contributed by atoms with Crippen LogP contribution in [-0.2, 0) is 15.2 Å². The first-order chi connectivity index (χ1) is 12.9. The predicted molar refractivity (Wildman–Crippen MR) is 113 cm³/mol. The van der Waals surface area contributed by atoms with Crippen molar-refractivity contribution >= 4 is 36.7 Å². The average Bonchev–Trinajstić information content (AvgIpc) is 2.65. The van der Waals surface area contributed by atoms with Gasteiger partial charge in [-0.15, -0.1) is 24.8 Å². The van der Waals surface area contributed by atoms with E-state index in [1.165, 1.54) is 12.1 Å². The van der Waals surface area contributed by atoms with E-state index in [9.17, 15) is 19.8 Å². The summed E-state index contributed by atoms with van der Waals surface area (Å²) in [5.74, 6) is -1.37. The van der Waals surface area contributed by atoms with Crippen LogP contribution in [0.1, 0.15) is 24.0 Å². The number of aliphatic carboxylic acids is 1. The van der Waals surface area contributed by atoms with Gasteiger partial charge in [0.15, 0.2) is 6.61 Å². The van der Waals surface area contributed by atoms with Crippen LogP contribution >= 0.6 is 24.8 Å². The largest absolute Gasteiger partial charge is 0.484 e. The maximum atomic E-state index is 11.9. The van der Waals surface area contributed by atoms with E-state index in [1.54, 1.807) is 42.5 Å². The van der Waals surface area contributed by atoms with Gasteiger partial charge in [0.25, 0.3) is 5.91 Å². The highest BCUT2D eigenvalue weighted by atomic mass is 35.5. The molecule has 0 bridgehead atoms. The van der Waals surface area contributed by atoms with Crippen LogP contribution in [0.2, 0.25) is 0 Å². The molecule has 1 atom stereocenters. The molecular weight excluding hydrogens is 419 g/mol. The van der Waals surface area contributed by atoms with Crippen molar-refractivity contribution in [2.45, 2.75) is 30.5 Å². The van der Waals surface area contributed by atoms with E-state index >= 15 is 0 Å². The van der Waals surface area contributed by atoms with E-state index < -0.39 is 11.6 Å². The van der Waals surface area contributed by atoms with Crippen molar-refractivity contribution in [2.75, 3.05) is 6.61 Å². The number of hydrogen-bond donors (Lipinski definition) is 4. The number of benzene rings is 2. The third kappa shape index (κ3) is 5.61. The van der Waals surface area contributed by atoms with Crippen LogP contribution in [0.4, 0.5) is 0 Å². The summed E-state index contributed by atoms with van der Waals surface area (Å²) < 4.78 is 5.47. The van der Waals surface area contributed by atoms with Gasteiger partial charge in [0.05, 0.1) is 0 Å². The first-order valence-electron chi connectivity index (χ1n) is 8.69. The number of carboxylic acid groups (broad SMARTS) is 1. The number of carbonyl (C=O) groups excluding carboxylic acids is 1. The Labute approximate surface area is 181 Å². The molecule has 0 aromatic heterocycles. The molecule has 0 heterocycles. The molecule has 5 N–H and O–H groups in total. The number of halogens is 2. The van der Waals surface area contributed by atoms with Gasteiger partial charge in [-0.1, -0.05) is 42.5 Å². The number of amides is 1. The van der Waals surface area contributed by atoms with Crippen molar-refractivity contribution < 1.29 is 24.5 Å². The zero-order valence-electron chi connectivity index (χ0n) is 15.5. The summed E-state index contributed by atoms with van der Waals surface area (Å²) in [6, 6.07) is 14.4. The minimum Gasteiger partial charge on any atom is -0.484 e. The molecule has 2 aromatic rings. The lowest BCUT2D eigenvalue weighted by atomic mass is 9.86. The fourth-order valence-electron chi connectivity index (χ4n) is 3.10. The summed E-state index contributed by atoms with van der Waals surface area (Å²) in [6.45, 7) is -0.202. The van der Waals surface area contributed by atoms with Gasteiger partial charge >= 0.3 is 5.97 Å². The number of ether oxygens (including phenoxy) is 1. The van der Waals surface area contributed by atoms with Crippen LogP contribution in [0.5, 0.6) is 5.75 Å². The summed E-state index contributed by atoms with van der Waals surface area (Å²) in [4.78, 5) is 23.7.